The molecule has 0 aromatic heterocycles. The van der Waals surface area contributed by atoms with Crippen molar-refractivity contribution in [2.45, 2.75) is 0 Å². The van der Waals surface area contributed by atoms with Crippen molar-refractivity contribution in [1.82, 2.24) is 15.3 Å². The predicted molar refractivity (Wildman–Crippen MR) is 73.0 cm³/mol. The fourth-order valence-electron chi connectivity index (χ4n) is 1.76. The van der Waals surface area contributed by atoms with Gasteiger partial charge in [-0.25, -0.2) is 5.01 Å². The van der Waals surface area contributed by atoms with E-state index in [4.69, 9.17) is 23.2 Å². The molecule has 18 heavy (non-hydrogen) atoms. The summed E-state index contributed by atoms with van der Waals surface area (Å²) in [6.45, 7) is 3.54. The molecule has 6 heteroatoms. The van der Waals surface area contributed by atoms with Crippen LogP contribution in [0.25, 0.3) is 0 Å². The number of carbonyl (C=O) groups is 1. The minimum atomic E-state index is -0.155. The molecule has 1 amide bonds. The summed E-state index contributed by atoms with van der Waals surface area (Å²) in [6, 6.07) is 4.87. The van der Waals surface area contributed by atoms with Crippen LogP contribution in [0.2, 0.25) is 10.0 Å². The van der Waals surface area contributed by atoms with E-state index in [1.54, 1.807) is 18.2 Å². The smallest absolute Gasteiger partial charge is 0.265 e. The predicted octanol–water partition coefficient (Wildman–Crippen LogP) is 1.89. The lowest BCUT2D eigenvalue weighted by atomic mass is 10.2. The molecule has 0 radical (unpaired) electrons. The van der Waals surface area contributed by atoms with Crippen molar-refractivity contribution < 1.29 is 4.79 Å². The molecule has 1 N–H and O–H groups in total. The zero-order chi connectivity index (χ0) is 13.1. The van der Waals surface area contributed by atoms with Crippen LogP contribution < -0.4 is 5.43 Å². The fourth-order valence-corrected chi connectivity index (χ4v) is 2.06. The SMILES string of the molecule is CN1CCN(NC(=O)c2ccc(Cl)c(Cl)c2)CC1. The van der Waals surface area contributed by atoms with Crippen molar-refractivity contribution in [1.29, 1.82) is 0 Å². The van der Waals surface area contributed by atoms with Crippen molar-refractivity contribution in [2.75, 3.05) is 33.2 Å². The maximum atomic E-state index is 12.0. The van der Waals surface area contributed by atoms with Gasteiger partial charge in [-0.05, 0) is 25.2 Å². The van der Waals surface area contributed by atoms with Gasteiger partial charge in [0.25, 0.3) is 5.91 Å². The van der Waals surface area contributed by atoms with E-state index in [0.29, 0.717) is 15.6 Å². The molecule has 1 aliphatic heterocycles. The van der Waals surface area contributed by atoms with Crippen molar-refractivity contribution in [3.8, 4) is 0 Å². The quantitative estimate of drug-likeness (QED) is 0.902. The van der Waals surface area contributed by atoms with Gasteiger partial charge >= 0.3 is 0 Å². The maximum Gasteiger partial charge on any atom is 0.265 e. The molecule has 1 fully saturated rings. The molecule has 4 nitrogen and oxygen atoms in total. The monoisotopic (exact) mass is 287 g/mol. The highest BCUT2D eigenvalue weighted by molar-refractivity contribution is 6.42. The van der Waals surface area contributed by atoms with Crippen molar-refractivity contribution in [3.05, 3.63) is 33.8 Å². The molecule has 0 unspecified atom stereocenters. The Morgan fingerprint density at radius 2 is 1.83 bits per heavy atom. The molecule has 0 spiro atoms. The first-order valence-corrected chi connectivity index (χ1v) is 6.51. The Kier molecular flexibility index (Phi) is 4.45. The second kappa shape index (κ2) is 5.89. The van der Waals surface area contributed by atoms with E-state index in [-0.39, 0.29) is 5.91 Å². The van der Waals surface area contributed by atoms with Gasteiger partial charge in [0.1, 0.15) is 0 Å². The number of nitrogens with one attached hydrogen (secondary N) is 1. The van der Waals surface area contributed by atoms with Crippen LogP contribution in [0.15, 0.2) is 18.2 Å². The standard InChI is InChI=1S/C12H15Cl2N3O/c1-16-4-6-17(7-5-16)15-12(18)9-2-3-10(13)11(14)8-9/h2-3,8H,4-7H2,1H3,(H,15,18). The number of piperazine rings is 1. The Labute approximate surface area is 116 Å². The number of halogens is 2. The van der Waals surface area contributed by atoms with Crippen molar-refractivity contribution in [2.24, 2.45) is 0 Å². The molecule has 98 valence electrons. The summed E-state index contributed by atoms with van der Waals surface area (Å²) in [4.78, 5) is 14.2. The number of nitrogens with zero attached hydrogens (tertiary/aromatic N) is 2. The Morgan fingerprint density at radius 3 is 2.44 bits per heavy atom. The van der Waals surface area contributed by atoms with E-state index in [9.17, 15) is 4.79 Å². The van der Waals surface area contributed by atoms with E-state index >= 15 is 0 Å². The molecule has 0 bridgehead atoms. The lowest BCUT2D eigenvalue weighted by Gasteiger charge is -2.32. The second-order valence-electron chi connectivity index (χ2n) is 4.36. The number of carbonyl (C=O) groups excluding carboxylic acids is 1. The Hall–Kier alpha value is -0.810. The molecule has 1 heterocycles. The summed E-state index contributed by atoms with van der Waals surface area (Å²) in [5, 5.41) is 2.76. The Morgan fingerprint density at radius 1 is 1.17 bits per heavy atom. The zero-order valence-corrected chi connectivity index (χ0v) is 11.6. The molecule has 1 aromatic carbocycles. The molecular weight excluding hydrogens is 273 g/mol. The van der Waals surface area contributed by atoms with Gasteiger partial charge in [0, 0.05) is 31.7 Å². The van der Waals surface area contributed by atoms with Crippen LogP contribution in [0, 0.1) is 0 Å². The van der Waals surface area contributed by atoms with Gasteiger partial charge in [-0.2, -0.15) is 0 Å². The van der Waals surface area contributed by atoms with Gasteiger partial charge in [-0.15, -0.1) is 0 Å². The van der Waals surface area contributed by atoms with Gasteiger partial charge in [0.15, 0.2) is 0 Å². The number of hydrogen-bond acceptors (Lipinski definition) is 3. The molecular formula is C12H15Cl2N3O. The molecule has 0 saturated carbocycles. The first-order chi connectivity index (χ1) is 8.56. The average Bonchev–Trinajstić information content (AvgIpc) is 2.35. The van der Waals surface area contributed by atoms with E-state index in [0.717, 1.165) is 26.2 Å². The number of hydrogen-bond donors (Lipinski definition) is 1. The molecule has 1 saturated heterocycles. The number of benzene rings is 1. The van der Waals surface area contributed by atoms with E-state index in [2.05, 4.69) is 17.4 Å². The largest absolute Gasteiger partial charge is 0.304 e. The first kappa shape index (κ1) is 13.6. The molecule has 1 aliphatic rings. The highest BCUT2D eigenvalue weighted by Gasteiger charge is 2.16. The lowest BCUT2D eigenvalue weighted by molar-refractivity contribution is 0.0662. The highest BCUT2D eigenvalue weighted by atomic mass is 35.5. The summed E-state index contributed by atoms with van der Waals surface area (Å²) in [5.74, 6) is -0.155. The van der Waals surface area contributed by atoms with E-state index < -0.39 is 0 Å². The Bertz CT molecular complexity index is 445. The third-order valence-corrected chi connectivity index (χ3v) is 3.68. The van der Waals surface area contributed by atoms with Gasteiger partial charge in [-0.1, -0.05) is 23.2 Å². The Balaban J connectivity index is 1.97. The van der Waals surface area contributed by atoms with Crippen LogP contribution in [0.3, 0.4) is 0 Å². The zero-order valence-electron chi connectivity index (χ0n) is 10.1. The van der Waals surface area contributed by atoms with Crippen molar-refractivity contribution >= 4 is 29.1 Å². The number of likely N-dealkylation sites (N-methyl/N-ethyl adjacent to an activating group) is 1. The van der Waals surface area contributed by atoms with E-state index in [1.165, 1.54) is 0 Å². The number of hydrazine groups is 1. The van der Waals surface area contributed by atoms with Crippen LogP contribution in [0.1, 0.15) is 10.4 Å². The van der Waals surface area contributed by atoms with Crippen molar-refractivity contribution in [3.63, 3.8) is 0 Å². The van der Waals surface area contributed by atoms with Crippen LogP contribution in [-0.2, 0) is 0 Å². The normalized spacial score (nSPS) is 17.7. The van der Waals surface area contributed by atoms with Crippen LogP contribution >= 0.6 is 23.2 Å². The second-order valence-corrected chi connectivity index (χ2v) is 5.17. The minimum absolute atomic E-state index is 0.155. The van der Waals surface area contributed by atoms with Gasteiger partial charge in [0.05, 0.1) is 10.0 Å². The molecule has 0 aliphatic carbocycles. The maximum absolute atomic E-state index is 12.0. The third-order valence-electron chi connectivity index (χ3n) is 2.94. The highest BCUT2D eigenvalue weighted by Crippen LogP contribution is 2.22. The minimum Gasteiger partial charge on any atom is -0.304 e. The van der Waals surface area contributed by atoms with Gasteiger partial charge in [0.2, 0.25) is 0 Å². The molecule has 1 aromatic rings. The summed E-state index contributed by atoms with van der Waals surface area (Å²) < 4.78 is 0. The average molecular weight is 288 g/mol. The molecule has 2 rings (SSSR count). The molecule has 0 atom stereocenters. The topological polar surface area (TPSA) is 35.6 Å². The van der Waals surface area contributed by atoms with Crippen LogP contribution in [0.4, 0.5) is 0 Å². The van der Waals surface area contributed by atoms with Gasteiger partial charge < -0.3 is 4.90 Å². The summed E-state index contributed by atoms with van der Waals surface area (Å²) in [7, 11) is 2.07. The van der Waals surface area contributed by atoms with Crippen LogP contribution in [-0.4, -0.2) is 49.0 Å². The number of amides is 1. The third kappa shape index (κ3) is 3.36. The van der Waals surface area contributed by atoms with E-state index in [1.807, 2.05) is 5.01 Å². The number of rotatable bonds is 2. The van der Waals surface area contributed by atoms with Crippen LogP contribution in [0.5, 0.6) is 0 Å². The lowest BCUT2D eigenvalue weighted by Crippen LogP contribution is -2.52. The van der Waals surface area contributed by atoms with Gasteiger partial charge in [-0.3, -0.25) is 10.2 Å². The fraction of sp³-hybridized carbons (Fsp3) is 0.417. The summed E-state index contributed by atoms with van der Waals surface area (Å²) in [6.07, 6.45) is 0. The summed E-state index contributed by atoms with van der Waals surface area (Å²) in [5.41, 5.74) is 3.39. The summed E-state index contributed by atoms with van der Waals surface area (Å²) >= 11 is 11.7. The first-order valence-electron chi connectivity index (χ1n) is 5.76.